The van der Waals surface area contributed by atoms with Crippen molar-refractivity contribution in [1.82, 2.24) is 5.32 Å². The molecule has 0 spiro atoms. The number of methoxy groups -OCH3 is 2. The minimum atomic E-state index is -0.825. The van der Waals surface area contributed by atoms with Crippen molar-refractivity contribution < 1.29 is 23.5 Å². The minimum Gasteiger partial charge on any atom is -0.467 e. The van der Waals surface area contributed by atoms with Gasteiger partial charge in [0.2, 0.25) is 0 Å². The van der Waals surface area contributed by atoms with Crippen LogP contribution in [0.4, 0.5) is 0 Å². The Hall–Kier alpha value is -3.12. The second-order valence-electron chi connectivity index (χ2n) is 6.08. The molecule has 1 N–H and O–H groups in total. The highest BCUT2D eigenvalue weighted by molar-refractivity contribution is 6.00. The lowest BCUT2D eigenvalue weighted by atomic mass is 10.1. The average Bonchev–Trinajstić information content (AvgIpc) is 3.07. The van der Waals surface area contributed by atoms with Gasteiger partial charge in [-0.05, 0) is 11.6 Å². The van der Waals surface area contributed by atoms with E-state index in [1.807, 2.05) is 48.5 Å². The first-order valence-electron chi connectivity index (χ1n) is 8.56. The van der Waals surface area contributed by atoms with E-state index in [0.717, 1.165) is 10.9 Å². The Labute approximate surface area is 157 Å². The second kappa shape index (κ2) is 8.51. The van der Waals surface area contributed by atoms with Crippen molar-refractivity contribution in [2.75, 3.05) is 14.2 Å². The fourth-order valence-corrected chi connectivity index (χ4v) is 2.98. The van der Waals surface area contributed by atoms with Crippen LogP contribution in [0.2, 0.25) is 0 Å². The maximum Gasteiger partial charge on any atom is 0.328 e. The van der Waals surface area contributed by atoms with Gasteiger partial charge in [0.05, 0.1) is 13.7 Å². The molecule has 6 nitrogen and oxygen atoms in total. The van der Waals surface area contributed by atoms with E-state index in [1.54, 1.807) is 13.2 Å². The summed E-state index contributed by atoms with van der Waals surface area (Å²) >= 11 is 0. The highest BCUT2D eigenvalue weighted by atomic mass is 16.5. The molecule has 27 heavy (non-hydrogen) atoms. The molecule has 3 rings (SSSR count). The van der Waals surface area contributed by atoms with Gasteiger partial charge in [-0.1, -0.05) is 48.5 Å². The molecule has 1 heterocycles. The van der Waals surface area contributed by atoms with E-state index in [1.165, 1.54) is 7.11 Å². The van der Waals surface area contributed by atoms with Gasteiger partial charge in [-0.3, -0.25) is 4.79 Å². The quantitative estimate of drug-likeness (QED) is 0.649. The van der Waals surface area contributed by atoms with Gasteiger partial charge in [-0.15, -0.1) is 0 Å². The number of esters is 1. The summed E-state index contributed by atoms with van der Waals surface area (Å²) in [5.74, 6) is -0.860. The fraction of sp³-hybridized carbons (Fsp3) is 0.238. The smallest absolute Gasteiger partial charge is 0.328 e. The topological polar surface area (TPSA) is 77.8 Å². The van der Waals surface area contributed by atoms with Crippen molar-refractivity contribution in [2.45, 2.75) is 19.1 Å². The second-order valence-corrected chi connectivity index (χ2v) is 6.08. The number of hydrogen-bond acceptors (Lipinski definition) is 5. The van der Waals surface area contributed by atoms with Crippen LogP contribution < -0.4 is 5.32 Å². The SMILES string of the molecule is COCc1c(C(=O)NC(Cc2ccccc2)C(=O)OC)oc2ccccc12. The van der Waals surface area contributed by atoms with Crippen LogP contribution in [0, 0.1) is 0 Å². The summed E-state index contributed by atoms with van der Waals surface area (Å²) in [6.45, 7) is 0.224. The summed E-state index contributed by atoms with van der Waals surface area (Å²) in [6, 6.07) is 15.9. The number of nitrogens with one attached hydrogen (secondary N) is 1. The molecular formula is C21H21NO5. The van der Waals surface area contributed by atoms with Crippen molar-refractivity contribution >= 4 is 22.8 Å². The Balaban J connectivity index is 1.88. The number of ether oxygens (including phenoxy) is 2. The first kappa shape index (κ1) is 18.7. The number of hydrogen-bond donors (Lipinski definition) is 1. The molecule has 0 saturated heterocycles. The molecule has 3 aromatic rings. The van der Waals surface area contributed by atoms with Crippen molar-refractivity contribution in [3.63, 3.8) is 0 Å². The van der Waals surface area contributed by atoms with Gasteiger partial charge in [0, 0.05) is 24.5 Å². The summed E-state index contributed by atoms with van der Waals surface area (Å²) in [5, 5.41) is 3.54. The standard InChI is InChI=1S/C21H21NO5/c1-25-13-16-15-10-6-7-11-18(15)27-19(16)20(23)22-17(21(24)26-2)12-14-8-4-3-5-9-14/h3-11,17H,12-13H2,1-2H3,(H,22,23). The molecule has 140 valence electrons. The minimum absolute atomic E-state index is 0.139. The van der Waals surface area contributed by atoms with E-state index >= 15 is 0 Å². The van der Waals surface area contributed by atoms with Crippen molar-refractivity contribution in [1.29, 1.82) is 0 Å². The molecule has 0 aliphatic carbocycles. The molecule has 0 bridgehead atoms. The summed E-state index contributed by atoms with van der Waals surface area (Å²) in [4.78, 5) is 25.0. The predicted octanol–water partition coefficient (Wildman–Crippen LogP) is 3.09. The van der Waals surface area contributed by atoms with Crippen molar-refractivity contribution in [2.24, 2.45) is 0 Å². The monoisotopic (exact) mass is 367 g/mol. The molecule has 0 aliphatic heterocycles. The van der Waals surface area contributed by atoms with E-state index in [2.05, 4.69) is 5.32 Å². The Morgan fingerprint density at radius 2 is 1.74 bits per heavy atom. The first-order valence-corrected chi connectivity index (χ1v) is 8.56. The van der Waals surface area contributed by atoms with E-state index < -0.39 is 17.9 Å². The van der Waals surface area contributed by atoms with Gasteiger partial charge in [0.25, 0.3) is 5.91 Å². The van der Waals surface area contributed by atoms with Gasteiger partial charge in [-0.25, -0.2) is 4.79 Å². The zero-order chi connectivity index (χ0) is 19.2. The third-order valence-electron chi connectivity index (χ3n) is 4.27. The summed E-state index contributed by atoms with van der Waals surface area (Å²) in [7, 11) is 2.85. The number of fused-ring (bicyclic) bond motifs is 1. The number of rotatable bonds is 7. The molecular weight excluding hydrogens is 346 g/mol. The van der Waals surface area contributed by atoms with Gasteiger partial charge in [0.1, 0.15) is 11.6 Å². The average molecular weight is 367 g/mol. The zero-order valence-corrected chi connectivity index (χ0v) is 15.2. The summed E-state index contributed by atoms with van der Waals surface area (Å²) in [5.41, 5.74) is 2.15. The van der Waals surface area contributed by atoms with Gasteiger partial charge in [0.15, 0.2) is 5.76 Å². The number of furan rings is 1. The molecule has 1 amide bonds. The van der Waals surface area contributed by atoms with E-state index in [0.29, 0.717) is 17.6 Å². The van der Waals surface area contributed by atoms with Crippen LogP contribution in [0.5, 0.6) is 0 Å². The third kappa shape index (κ3) is 4.17. The molecule has 0 saturated carbocycles. The van der Waals surface area contributed by atoms with Crippen LogP contribution in [0.1, 0.15) is 21.7 Å². The van der Waals surface area contributed by atoms with Crippen LogP contribution in [0.25, 0.3) is 11.0 Å². The maximum atomic E-state index is 12.9. The number of carbonyl (C=O) groups excluding carboxylic acids is 2. The van der Waals surface area contributed by atoms with Gasteiger partial charge in [-0.2, -0.15) is 0 Å². The van der Waals surface area contributed by atoms with Crippen LogP contribution in [-0.4, -0.2) is 32.1 Å². The molecule has 6 heteroatoms. The first-order chi connectivity index (χ1) is 13.1. The normalized spacial score (nSPS) is 11.9. The van der Waals surface area contributed by atoms with Crippen molar-refractivity contribution in [3.8, 4) is 0 Å². The largest absolute Gasteiger partial charge is 0.467 e. The van der Waals surface area contributed by atoms with E-state index in [9.17, 15) is 9.59 Å². The van der Waals surface area contributed by atoms with Gasteiger partial charge >= 0.3 is 5.97 Å². The highest BCUT2D eigenvalue weighted by Crippen LogP contribution is 2.26. The highest BCUT2D eigenvalue weighted by Gasteiger charge is 2.27. The molecule has 1 atom stereocenters. The van der Waals surface area contributed by atoms with Crippen LogP contribution >= 0.6 is 0 Å². The molecule has 1 aromatic heterocycles. The Kier molecular flexibility index (Phi) is 5.88. The molecule has 0 aliphatic rings. The number of benzene rings is 2. The number of amides is 1. The Morgan fingerprint density at radius 3 is 2.44 bits per heavy atom. The van der Waals surface area contributed by atoms with E-state index in [-0.39, 0.29) is 12.4 Å². The Morgan fingerprint density at radius 1 is 1.04 bits per heavy atom. The van der Waals surface area contributed by atoms with Crippen LogP contribution in [0.15, 0.2) is 59.0 Å². The Bertz CT molecular complexity index is 932. The fourth-order valence-electron chi connectivity index (χ4n) is 2.98. The molecule has 1 unspecified atom stereocenters. The lowest BCUT2D eigenvalue weighted by molar-refractivity contribution is -0.142. The third-order valence-corrected chi connectivity index (χ3v) is 4.27. The van der Waals surface area contributed by atoms with Crippen LogP contribution in [-0.2, 0) is 27.3 Å². The lowest BCUT2D eigenvalue weighted by Crippen LogP contribution is -2.43. The maximum absolute atomic E-state index is 12.9. The number of carbonyl (C=O) groups is 2. The van der Waals surface area contributed by atoms with E-state index in [4.69, 9.17) is 13.9 Å². The molecule has 0 fully saturated rings. The van der Waals surface area contributed by atoms with Crippen LogP contribution in [0.3, 0.4) is 0 Å². The lowest BCUT2D eigenvalue weighted by Gasteiger charge is -2.16. The summed E-state index contributed by atoms with van der Waals surface area (Å²) in [6.07, 6.45) is 0.319. The predicted molar refractivity (Wildman–Crippen MR) is 100 cm³/mol. The van der Waals surface area contributed by atoms with Crippen molar-refractivity contribution in [3.05, 3.63) is 71.5 Å². The molecule has 0 radical (unpaired) electrons. The molecule has 2 aromatic carbocycles. The summed E-state index contributed by atoms with van der Waals surface area (Å²) < 4.78 is 15.8. The zero-order valence-electron chi connectivity index (χ0n) is 15.2. The number of para-hydroxylation sites is 1. The van der Waals surface area contributed by atoms with Gasteiger partial charge < -0.3 is 19.2 Å².